The number of hydrogen-bond donors (Lipinski definition) is 1. The first kappa shape index (κ1) is 14.4. The highest BCUT2D eigenvalue weighted by molar-refractivity contribution is 5.33. The maximum absolute atomic E-state index is 10.8. The SMILES string of the molecule is O=[N+]([O-])c1cccc(COC2COC3(CCNCC3)C2)c1. The monoisotopic (exact) mass is 292 g/mol. The molecule has 2 heterocycles. The molecule has 3 rings (SSSR count). The van der Waals surface area contributed by atoms with E-state index in [2.05, 4.69) is 5.32 Å². The lowest BCUT2D eigenvalue weighted by Crippen LogP contribution is -2.41. The number of nitrogens with one attached hydrogen (secondary N) is 1. The molecule has 0 aliphatic carbocycles. The molecule has 1 atom stereocenters. The minimum Gasteiger partial charge on any atom is -0.372 e. The molecule has 114 valence electrons. The molecule has 1 aromatic carbocycles. The molecule has 0 aromatic heterocycles. The van der Waals surface area contributed by atoms with Crippen LogP contribution in [0.5, 0.6) is 0 Å². The molecule has 0 amide bonds. The number of nitro groups is 1. The van der Waals surface area contributed by atoms with Gasteiger partial charge >= 0.3 is 0 Å². The highest BCUT2D eigenvalue weighted by atomic mass is 16.6. The lowest BCUT2D eigenvalue weighted by Gasteiger charge is -2.32. The van der Waals surface area contributed by atoms with Gasteiger partial charge in [0.1, 0.15) is 0 Å². The van der Waals surface area contributed by atoms with Crippen molar-refractivity contribution in [3.8, 4) is 0 Å². The lowest BCUT2D eigenvalue weighted by molar-refractivity contribution is -0.385. The van der Waals surface area contributed by atoms with Crippen molar-refractivity contribution in [2.24, 2.45) is 0 Å². The van der Waals surface area contributed by atoms with E-state index in [-0.39, 0.29) is 22.3 Å². The van der Waals surface area contributed by atoms with E-state index in [0.717, 1.165) is 37.9 Å². The Morgan fingerprint density at radius 3 is 3.00 bits per heavy atom. The maximum Gasteiger partial charge on any atom is 0.269 e. The summed E-state index contributed by atoms with van der Waals surface area (Å²) < 4.78 is 11.9. The molecule has 1 N–H and O–H groups in total. The van der Waals surface area contributed by atoms with E-state index in [4.69, 9.17) is 9.47 Å². The first-order valence-corrected chi connectivity index (χ1v) is 7.37. The van der Waals surface area contributed by atoms with Gasteiger partial charge in [0, 0.05) is 18.6 Å². The van der Waals surface area contributed by atoms with Gasteiger partial charge in [-0.15, -0.1) is 0 Å². The van der Waals surface area contributed by atoms with Crippen LogP contribution >= 0.6 is 0 Å². The molecule has 1 aromatic rings. The summed E-state index contributed by atoms with van der Waals surface area (Å²) in [6.45, 7) is 3.01. The molecular formula is C15H20N2O4. The summed E-state index contributed by atoms with van der Waals surface area (Å²) >= 11 is 0. The van der Waals surface area contributed by atoms with Crippen molar-refractivity contribution in [3.05, 3.63) is 39.9 Å². The zero-order valence-corrected chi connectivity index (χ0v) is 11.9. The van der Waals surface area contributed by atoms with Crippen LogP contribution in [-0.4, -0.2) is 36.3 Å². The second kappa shape index (κ2) is 6.09. The number of hydrogen-bond acceptors (Lipinski definition) is 5. The first-order chi connectivity index (χ1) is 10.2. The highest BCUT2D eigenvalue weighted by Crippen LogP contribution is 2.35. The van der Waals surface area contributed by atoms with E-state index in [0.29, 0.717) is 13.2 Å². The topological polar surface area (TPSA) is 73.6 Å². The largest absolute Gasteiger partial charge is 0.372 e. The Hall–Kier alpha value is -1.50. The molecule has 2 saturated heterocycles. The number of ether oxygens (including phenoxy) is 2. The van der Waals surface area contributed by atoms with Gasteiger partial charge in [0.25, 0.3) is 5.69 Å². The van der Waals surface area contributed by atoms with Crippen molar-refractivity contribution >= 4 is 5.69 Å². The molecule has 2 aliphatic rings. The van der Waals surface area contributed by atoms with Crippen LogP contribution in [-0.2, 0) is 16.1 Å². The predicted molar refractivity (Wildman–Crippen MR) is 77.1 cm³/mol. The van der Waals surface area contributed by atoms with Crippen molar-refractivity contribution in [2.75, 3.05) is 19.7 Å². The summed E-state index contributed by atoms with van der Waals surface area (Å²) in [5.41, 5.74) is 0.919. The molecule has 21 heavy (non-hydrogen) atoms. The second-order valence-electron chi connectivity index (χ2n) is 5.81. The molecule has 1 unspecified atom stereocenters. The Balaban J connectivity index is 1.54. The summed E-state index contributed by atoms with van der Waals surface area (Å²) in [5.74, 6) is 0. The van der Waals surface area contributed by atoms with Gasteiger partial charge in [-0.25, -0.2) is 0 Å². The molecule has 6 nitrogen and oxygen atoms in total. The number of piperidine rings is 1. The summed E-state index contributed by atoms with van der Waals surface area (Å²) in [5, 5.41) is 14.1. The smallest absolute Gasteiger partial charge is 0.269 e. The maximum atomic E-state index is 10.8. The standard InChI is InChI=1S/C15H20N2O4/c18-17(19)13-3-1-2-12(8-13)10-20-14-9-15(21-11-14)4-6-16-7-5-15/h1-3,8,14,16H,4-7,9-11H2. The van der Waals surface area contributed by atoms with Crippen LogP contribution in [0.2, 0.25) is 0 Å². The van der Waals surface area contributed by atoms with Gasteiger partial charge in [-0.1, -0.05) is 12.1 Å². The fourth-order valence-electron chi connectivity index (χ4n) is 3.11. The number of nitrogens with zero attached hydrogens (tertiary/aromatic N) is 1. The van der Waals surface area contributed by atoms with Crippen molar-refractivity contribution in [2.45, 2.75) is 37.6 Å². The molecule has 1 spiro atoms. The van der Waals surface area contributed by atoms with Gasteiger partial charge < -0.3 is 14.8 Å². The van der Waals surface area contributed by atoms with Crippen molar-refractivity contribution in [1.82, 2.24) is 5.32 Å². The third-order valence-corrected chi connectivity index (χ3v) is 4.30. The number of benzene rings is 1. The van der Waals surface area contributed by atoms with Crippen molar-refractivity contribution in [1.29, 1.82) is 0 Å². The van der Waals surface area contributed by atoms with Crippen molar-refractivity contribution in [3.63, 3.8) is 0 Å². The molecule has 6 heteroatoms. The first-order valence-electron chi connectivity index (χ1n) is 7.37. The number of non-ortho nitro benzene ring substituents is 1. The van der Waals surface area contributed by atoms with Crippen LogP contribution in [0.4, 0.5) is 5.69 Å². The summed E-state index contributed by atoms with van der Waals surface area (Å²) in [4.78, 5) is 10.4. The zero-order valence-electron chi connectivity index (χ0n) is 11.9. The zero-order chi connectivity index (χ0) is 14.7. The van der Waals surface area contributed by atoms with E-state index in [1.54, 1.807) is 12.1 Å². The quantitative estimate of drug-likeness (QED) is 0.679. The molecule has 0 radical (unpaired) electrons. The normalized spacial score (nSPS) is 24.3. The molecule has 2 fully saturated rings. The molecular weight excluding hydrogens is 272 g/mol. The van der Waals surface area contributed by atoms with Gasteiger partial charge in [-0.2, -0.15) is 0 Å². The second-order valence-corrected chi connectivity index (χ2v) is 5.81. The van der Waals surface area contributed by atoms with Gasteiger partial charge in [0.05, 0.1) is 29.8 Å². The Kier molecular flexibility index (Phi) is 4.19. The van der Waals surface area contributed by atoms with Crippen LogP contribution < -0.4 is 5.32 Å². The Morgan fingerprint density at radius 1 is 1.43 bits per heavy atom. The number of nitro benzene ring substituents is 1. The summed E-state index contributed by atoms with van der Waals surface area (Å²) in [7, 11) is 0. The fourth-order valence-corrected chi connectivity index (χ4v) is 3.11. The third-order valence-electron chi connectivity index (χ3n) is 4.30. The number of rotatable bonds is 4. The average molecular weight is 292 g/mol. The van der Waals surface area contributed by atoms with Gasteiger partial charge in [-0.3, -0.25) is 10.1 Å². The van der Waals surface area contributed by atoms with E-state index in [1.165, 1.54) is 6.07 Å². The molecule has 2 aliphatic heterocycles. The highest BCUT2D eigenvalue weighted by Gasteiger charge is 2.41. The fraction of sp³-hybridized carbons (Fsp3) is 0.600. The Morgan fingerprint density at radius 2 is 2.24 bits per heavy atom. The minimum atomic E-state index is -0.383. The molecule has 0 bridgehead atoms. The van der Waals surface area contributed by atoms with Crippen LogP contribution in [0.15, 0.2) is 24.3 Å². The summed E-state index contributed by atoms with van der Waals surface area (Å²) in [6.07, 6.45) is 3.07. The van der Waals surface area contributed by atoms with E-state index >= 15 is 0 Å². The van der Waals surface area contributed by atoms with Crippen LogP contribution in [0.1, 0.15) is 24.8 Å². The van der Waals surface area contributed by atoms with Crippen LogP contribution in [0, 0.1) is 10.1 Å². The van der Waals surface area contributed by atoms with E-state index in [1.807, 2.05) is 6.07 Å². The average Bonchev–Trinajstić information content (AvgIpc) is 2.89. The van der Waals surface area contributed by atoms with Gasteiger partial charge in [0.15, 0.2) is 0 Å². The Labute approximate surface area is 123 Å². The predicted octanol–water partition coefficient (Wildman–Crippen LogP) is 2.02. The van der Waals surface area contributed by atoms with Crippen LogP contribution in [0.3, 0.4) is 0 Å². The van der Waals surface area contributed by atoms with Gasteiger partial charge in [0.2, 0.25) is 0 Å². The minimum absolute atomic E-state index is 0.0153. The van der Waals surface area contributed by atoms with Crippen molar-refractivity contribution < 1.29 is 14.4 Å². The summed E-state index contributed by atoms with van der Waals surface area (Å²) in [6, 6.07) is 6.60. The van der Waals surface area contributed by atoms with E-state index in [9.17, 15) is 10.1 Å². The molecule has 0 saturated carbocycles. The third kappa shape index (κ3) is 3.40. The van der Waals surface area contributed by atoms with E-state index < -0.39 is 0 Å². The van der Waals surface area contributed by atoms with Gasteiger partial charge in [-0.05, 0) is 31.5 Å². The van der Waals surface area contributed by atoms with Crippen LogP contribution in [0.25, 0.3) is 0 Å². The Bertz CT molecular complexity index is 514. The lowest BCUT2D eigenvalue weighted by atomic mass is 9.89.